The summed E-state index contributed by atoms with van der Waals surface area (Å²) in [6, 6.07) is 13.3. The topological polar surface area (TPSA) is 108 Å². The molecule has 0 bridgehead atoms. The number of benzene rings is 2. The van der Waals surface area contributed by atoms with Crippen molar-refractivity contribution in [1.29, 1.82) is 0 Å². The number of esters is 1. The van der Waals surface area contributed by atoms with Gasteiger partial charge in [-0.2, -0.15) is 4.31 Å². The molecule has 0 N–H and O–H groups in total. The third-order valence-corrected chi connectivity index (χ3v) is 7.70. The molecule has 1 aromatic heterocycles. The molecule has 1 fully saturated rings. The van der Waals surface area contributed by atoms with Crippen LogP contribution in [0.5, 0.6) is 5.75 Å². The summed E-state index contributed by atoms with van der Waals surface area (Å²) in [4.78, 5) is 12.6. The Labute approximate surface area is 197 Å². The number of nitrogens with zero attached hydrogens (tertiary/aromatic N) is 2. The van der Waals surface area contributed by atoms with E-state index in [0.29, 0.717) is 37.8 Å². The summed E-state index contributed by atoms with van der Waals surface area (Å²) in [5, 5.41) is 3.99. The van der Waals surface area contributed by atoms with Crippen molar-refractivity contribution >= 4 is 16.0 Å². The van der Waals surface area contributed by atoms with Gasteiger partial charge in [0.2, 0.25) is 10.0 Å². The Morgan fingerprint density at radius 2 is 1.88 bits per heavy atom. The molecule has 0 radical (unpaired) electrons. The molecule has 178 valence electrons. The molecule has 34 heavy (non-hydrogen) atoms. The molecule has 10 heteroatoms. The van der Waals surface area contributed by atoms with Crippen LogP contribution in [0.1, 0.15) is 28.5 Å². The van der Waals surface area contributed by atoms with Crippen molar-refractivity contribution in [2.75, 3.05) is 26.3 Å². The first-order valence-corrected chi connectivity index (χ1v) is 12.4. The molecule has 1 saturated heterocycles. The summed E-state index contributed by atoms with van der Waals surface area (Å²) >= 11 is 0. The van der Waals surface area contributed by atoms with Gasteiger partial charge >= 0.3 is 5.97 Å². The molecule has 1 atom stereocenters. The standard InChI is InChI=1S/C24H24N2O7S/c1-16-12-19-13-18(4-7-22(19)32-16)23-14-20(25-33-23)15-31-24(27)17-2-5-21(6-3-17)34(28,29)26-8-10-30-11-9-26/h2-7,13-14,16H,8-12,15H2,1H3. The average molecular weight is 485 g/mol. The highest BCUT2D eigenvalue weighted by molar-refractivity contribution is 7.89. The van der Waals surface area contributed by atoms with Gasteiger partial charge in [-0.15, -0.1) is 0 Å². The largest absolute Gasteiger partial charge is 0.490 e. The van der Waals surface area contributed by atoms with Gasteiger partial charge in [-0.1, -0.05) is 5.16 Å². The van der Waals surface area contributed by atoms with E-state index in [9.17, 15) is 13.2 Å². The first-order chi connectivity index (χ1) is 16.4. The lowest BCUT2D eigenvalue weighted by Crippen LogP contribution is -2.40. The molecule has 5 rings (SSSR count). The highest BCUT2D eigenvalue weighted by atomic mass is 32.2. The normalized spacial score (nSPS) is 18.3. The van der Waals surface area contributed by atoms with Gasteiger partial charge in [0.25, 0.3) is 0 Å². The molecule has 3 aromatic rings. The van der Waals surface area contributed by atoms with Crippen molar-refractivity contribution in [3.05, 3.63) is 65.4 Å². The van der Waals surface area contributed by atoms with Crippen LogP contribution >= 0.6 is 0 Å². The number of rotatable bonds is 6. The maximum atomic E-state index is 12.7. The van der Waals surface area contributed by atoms with Crippen LogP contribution in [-0.2, 0) is 32.5 Å². The fraction of sp³-hybridized carbons (Fsp3) is 0.333. The lowest BCUT2D eigenvalue weighted by molar-refractivity contribution is 0.0464. The molecular formula is C24H24N2O7S. The smallest absolute Gasteiger partial charge is 0.338 e. The zero-order valence-electron chi connectivity index (χ0n) is 18.6. The van der Waals surface area contributed by atoms with Gasteiger partial charge in [-0.3, -0.25) is 0 Å². The van der Waals surface area contributed by atoms with E-state index in [1.807, 2.05) is 25.1 Å². The van der Waals surface area contributed by atoms with Gasteiger partial charge in [0.15, 0.2) is 5.76 Å². The molecule has 3 heterocycles. The number of morpholine rings is 1. The molecule has 0 aliphatic carbocycles. The van der Waals surface area contributed by atoms with Crippen molar-refractivity contribution in [2.45, 2.75) is 31.0 Å². The van der Waals surface area contributed by atoms with Crippen molar-refractivity contribution in [3.63, 3.8) is 0 Å². The van der Waals surface area contributed by atoms with Crippen LogP contribution in [0.3, 0.4) is 0 Å². The van der Waals surface area contributed by atoms with Gasteiger partial charge < -0.3 is 18.7 Å². The zero-order valence-corrected chi connectivity index (χ0v) is 19.4. The highest BCUT2D eigenvalue weighted by Gasteiger charge is 2.26. The van der Waals surface area contributed by atoms with Crippen LogP contribution in [0.4, 0.5) is 0 Å². The lowest BCUT2D eigenvalue weighted by atomic mass is 10.1. The Bertz CT molecular complexity index is 1300. The van der Waals surface area contributed by atoms with Crippen LogP contribution in [0.15, 0.2) is 57.9 Å². The average Bonchev–Trinajstić information content (AvgIpc) is 3.48. The Morgan fingerprint density at radius 3 is 2.65 bits per heavy atom. The first kappa shape index (κ1) is 22.6. The maximum Gasteiger partial charge on any atom is 0.338 e. The molecule has 2 aliphatic heterocycles. The Morgan fingerprint density at radius 1 is 1.12 bits per heavy atom. The van der Waals surface area contributed by atoms with E-state index >= 15 is 0 Å². The molecule has 0 spiro atoms. The first-order valence-electron chi connectivity index (χ1n) is 11.0. The number of ether oxygens (including phenoxy) is 3. The molecular weight excluding hydrogens is 460 g/mol. The summed E-state index contributed by atoms with van der Waals surface area (Å²) in [5.74, 6) is 0.878. The van der Waals surface area contributed by atoms with Gasteiger partial charge in [0, 0.05) is 31.1 Å². The molecule has 2 aliphatic rings. The number of hydrogen-bond donors (Lipinski definition) is 0. The summed E-state index contributed by atoms with van der Waals surface area (Å²) in [7, 11) is -3.62. The van der Waals surface area contributed by atoms with Crippen molar-refractivity contribution in [3.8, 4) is 17.1 Å². The second-order valence-corrected chi connectivity index (χ2v) is 10.2. The minimum Gasteiger partial charge on any atom is -0.490 e. The van der Waals surface area contributed by atoms with E-state index in [1.54, 1.807) is 6.07 Å². The third-order valence-electron chi connectivity index (χ3n) is 5.79. The number of carbonyl (C=O) groups excluding carboxylic acids is 1. The minimum atomic E-state index is -3.62. The fourth-order valence-electron chi connectivity index (χ4n) is 4.01. The Kier molecular flexibility index (Phi) is 6.11. The Balaban J connectivity index is 1.21. The molecule has 0 amide bonds. The summed E-state index contributed by atoms with van der Waals surface area (Å²) in [6.07, 6.45) is 0.998. The summed E-state index contributed by atoms with van der Waals surface area (Å²) < 4.78 is 48.5. The maximum absolute atomic E-state index is 12.7. The van der Waals surface area contributed by atoms with Crippen LogP contribution in [0.25, 0.3) is 11.3 Å². The molecule has 0 saturated carbocycles. The van der Waals surface area contributed by atoms with E-state index in [-0.39, 0.29) is 23.2 Å². The summed E-state index contributed by atoms with van der Waals surface area (Å²) in [5.41, 5.74) is 2.71. The van der Waals surface area contributed by atoms with E-state index in [4.69, 9.17) is 18.7 Å². The van der Waals surface area contributed by atoms with Crippen LogP contribution in [-0.4, -0.2) is 56.3 Å². The van der Waals surface area contributed by atoms with Crippen LogP contribution in [0.2, 0.25) is 0 Å². The molecule has 9 nitrogen and oxygen atoms in total. The molecule has 1 unspecified atom stereocenters. The van der Waals surface area contributed by atoms with Gasteiger partial charge in [0.05, 0.1) is 23.7 Å². The number of aromatic nitrogens is 1. The number of fused-ring (bicyclic) bond motifs is 1. The van der Waals surface area contributed by atoms with E-state index in [1.165, 1.54) is 28.6 Å². The summed E-state index contributed by atoms with van der Waals surface area (Å²) in [6.45, 7) is 3.31. The van der Waals surface area contributed by atoms with Gasteiger partial charge in [-0.05, 0) is 55.0 Å². The van der Waals surface area contributed by atoms with E-state index < -0.39 is 16.0 Å². The van der Waals surface area contributed by atoms with E-state index in [2.05, 4.69) is 5.16 Å². The second-order valence-electron chi connectivity index (χ2n) is 8.25. The predicted molar refractivity (Wildman–Crippen MR) is 121 cm³/mol. The van der Waals surface area contributed by atoms with E-state index in [0.717, 1.165) is 23.3 Å². The van der Waals surface area contributed by atoms with Gasteiger partial charge in [0.1, 0.15) is 24.2 Å². The van der Waals surface area contributed by atoms with Crippen molar-refractivity contribution in [1.82, 2.24) is 9.46 Å². The van der Waals surface area contributed by atoms with Crippen LogP contribution < -0.4 is 4.74 Å². The SMILES string of the molecule is CC1Cc2cc(-c3cc(COC(=O)c4ccc(S(=O)(=O)N5CCOCC5)cc4)no3)ccc2O1. The van der Waals surface area contributed by atoms with Crippen molar-refractivity contribution in [2.24, 2.45) is 0 Å². The molecule has 2 aromatic carbocycles. The van der Waals surface area contributed by atoms with Gasteiger partial charge in [-0.25, -0.2) is 13.2 Å². The number of sulfonamides is 1. The third kappa shape index (κ3) is 4.56. The second kappa shape index (κ2) is 9.21. The fourth-order valence-corrected chi connectivity index (χ4v) is 5.42. The predicted octanol–water partition coefficient (Wildman–Crippen LogP) is 3.04. The van der Waals surface area contributed by atoms with Crippen molar-refractivity contribution < 1.29 is 31.9 Å². The quantitative estimate of drug-likeness (QED) is 0.491. The number of hydrogen-bond acceptors (Lipinski definition) is 8. The lowest BCUT2D eigenvalue weighted by Gasteiger charge is -2.26. The highest BCUT2D eigenvalue weighted by Crippen LogP contribution is 2.33. The minimum absolute atomic E-state index is 0.0682. The zero-order chi connectivity index (χ0) is 23.7. The monoisotopic (exact) mass is 484 g/mol. The number of carbonyl (C=O) groups is 1. The van der Waals surface area contributed by atoms with Crippen LogP contribution in [0, 0.1) is 0 Å². The Hall–Kier alpha value is -3.21.